The molecular formula is C20H20Cl2N2O3S. The van der Waals surface area contributed by atoms with Gasteiger partial charge in [0.15, 0.2) is 0 Å². The summed E-state index contributed by atoms with van der Waals surface area (Å²) in [6.45, 7) is 0.600. The molecule has 0 spiro atoms. The molecule has 1 heterocycles. The monoisotopic (exact) mass is 438 g/mol. The van der Waals surface area contributed by atoms with Crippen molar-refractivity contribution in [3.05, 3.63) is 63.6 Å². The number of nitrogens with zero attached hydrogens (tertiary/aromatic N) is 1. The number of thioether (sulfide) groups is 1. The van der Waals surface area contributed by atoms with E-state index in [1.807, 2.05) is 36.4 Å². The number of ether oxygens (including phenoxy) is 1. The van der Waals surface area contributed by atoms with Gasteiger partial charge in [0.05, 0.1) is 23.7 Å². The third kappa shape index (κ3) is 4.63. The molecule has 1 N–H and O–H groups in total. The maximum absolute atomic E-state index is 12.9. The van der Waals surface area contributed by atoms with Gasteiger partial charge in [0.2, 0.25) is 12.3 Å². The molecule has 1 aliphatic heterocycles. The topological polar surface area (TPSA) is 58.6 Å². The van der Waals surface area contributed by atoms with Crippen LogP contribution in [0.4, 0.5) is 5.69 Å². The zero-order valence-electron chi connectivity index (χ0n) is 15.2. The molecular weight excluding hydrogens is 419 g/mol. The average Bonchev–Trinajstić information content (AvgIpc) is 2.80. The van der Waals surface area contributed by atoms with Crippen LogP contribution in [0, 0.1) is 0 Å². The van der Waals surface area contributed by atoms with Crippen LogP contribution in [-0.2, 0) is 14.3 Å². The molecule has 2 atom stereocenters. The van der Waals surface area contributed by atoms with Crippen LogP contribution in [0.25, 0.3) is 0 Å². The minimum Gasteiger partial charge on any atom is -0.382 e. The van der Waals surface area contributed by atoms with Crippen molar-refractivity contribution in [3.8, 4) is 0 Å². The second-order valence-electron chi connectivity index (χ2n) is 6.36. The SMILES string of the molecule is COCC(CN1C(=O)CSC(c2ccccc2Cl)c2cc(Cl)ccc21)NC=O. The fourth-order valence-corrected chi connectivity index (χ4v) is 4.96. The van der Waals surface area contributed by atoms with Crippen LogP contribution in [0.2, 0.25) is 10.0 Å². The number of carbonyl (C=O) groups excluding carboxylic acids is 2. The second-order valence-corrected chi connectivity index (χ2v) is 8.29. The average molecular weight is 439 g/mol. The van der Waals surface area contributed by atoms with Crippen molar-refractivity contribution in [2.75, 3.05) is 30.9 Å². The van der Waals surface area contributed by atoms with Gasteiger partial charge in [-0.3, -0.25) is 9.59 Å². The maximum atomic E-state index is 12.9. The Morgan fingerprint density at radius 3 is 2.79 bits per heavy atom. The molecule has 0 aliphatic carbocycles. The number of amides is 2. The Kier molecular flexibility index (Phi) is 7.24. The summed E-state index contributed by atoms with van der Waals surface area (Å²) < 4.78 is 5.17. The Hall–Kier alpha value is -1.73. The summed E-state index contributed by atoms with van der Waals surface area (Å²) in [6, 6.07) is 12.8. The maximum Gasteiger partial charge on any atom is 0.237 e. The van der Waals surface area contributed by atoms with Crippen molar-refractivity contribution in [1.82, 2.24) is 5.32 Å². The number of nitrogens with one attached hydrogen (secondary N) is 1. The Labute approximate surface area is 178 Å². The molecule has 28 heavy (non-hydrogen) atoms. The third-order valence-corrected chi connectivity index (χ3v) is 6.33. The molecule has 2 aromatic rings. The van der Waals surface area contributed by atoms with Crippen molar-refractivity contribution in [3.63, 3.8) is 0 Å². The largest absolute Gasteiger partial charge is 0.382 e. The van der Waals surface area contributed by atoms with E-state index in [9.17, 15) is 9.59 Å². The number of fused-ring (bicyclic) bond motifs is 1. The normalized spacial score (nSPS) is 17.6. The molecule has 148 valence electrons. The minimum absolute atomic E-state index is 0.0445. The Balaban J connectivity index is 2.05. The first-order chi connectivity index (χ1) is 13.5. The van der Waals surface area contributed by atoms with Gasteiger partial charge in [-0.1, -0.05) is 41.4 Å². The predicted molar refractivity (Wildman–Crippen MR) is 114 cm³/mol. The first kappa shape index (κ1) is 21.0. The number of rotatable bonds is 7. The van der Waals surface area contributed by atoms with Gasteiger partial charge in [-0.05, 0) is 35.4 Å². The molecule has 0 bridgehead atoms. The molecule has 0 fully saturated rings. The zero-order chi connectivity index (χ0) is 20.1. The number of hydrogen-bond donors (Lipinski definition) is 1. The number of carbonyl (C=O) groups is 2. The van der Waals surface area contributed by atoms with Crippen LogP contribution >= 0.6 is 35.0 Å². The van der Waals surface area contributed by atoms with Gasteiger partial charge in [0.1, 0.15) is 0 Å². The van der Waals surface area contributed by atoms with Crippen LogP contribution in [0.15, 0.2) is 42.5 Å². The van der Waals surface area contributed by atoms with Gasteiger partial charge in [-0.25, -0.2) is 0 Å². The number of hydrogen-bond acceptors (Lipinski definition) is 4. The van der Waals surface area contributed by atoms with Crippen molar-refractivity contribution in [2.24, 2.45) is 0 Å². The van der Waals surface area contributed by atoms with E-state index in [4.69, 9.17) is 27.9 Å². The highest BCUT2D eigenvalue weighted by molar-refractivity contribution is 8.00. The fourth-order valence-electron chi connectivity index (χ4n) is 3.25. The van der Waals surface area contributed by atoms with Crippen molar-refractivity contribution >= 4 is 53.0 Å². The summed E-state index contributed by atoms with van der Waals surface area (Å²) in [7, 11) is 1.56. The van der Waals surface area contributed by atoms with Gasteiger partial charge >= 0.3 is 0 Å². The summed E-state index contributed by atoms with van der Waals surface area (Å²) in [4.78, 5) is 25.6. The number of anilines is 1. The number of methoxy groups -OCH3 is 1. The molecule has 0 saturated heterocycles. The predicted octanol–water partition coefficient (Wildman–Crippen LogP) is 3.92. The molecule has 0 saturated carbocycles. The number of benzene rings is 2. The van der Waals surface area contributed by atoms with Crippen molar-refractivity contribution < 1.29 is 14.3 Å². The molecule has 2 aromatic carbocycles. The van der Waals surface area contributed by atoms with Crippen molar-refractivity contribution in [2.45, 2.75) is 11.3 Å². The molecule has 0 aromatic heterocycles. The lowest BCUT2D eigenvalue weighted by Gasteiger charge is -2.28. The van der Waals surface area contributed by atoms with E-state index in [-0.39, 0.29) is 23.0 Å². The number of halogens is 2. The molecule has 2 amide bonds. The summed E-state index contributed by atoms with van der Waals surface area (Å²) in [5.74, 6) is 0.236. The zero-order valence-corrected chi connectivity index (χ0v) is 17.6. The molecule has 5 nitrogen and oxygen atoms in total. The minimum atomic E-state index is -0.322. The summed E-state index contributed by atoms with van der Waals surface area (Å²) in [5.41, 5.74) is 2.61. The molecule has 8 heteroatoms. The quantitative estimate of drug-likeness (QED) is 0.665. The summed E-state index contributed by atoms with van der Waals surface area (Å²) >= 11 is 14.2. The Morgan fingerprint density at radius 1 is 1.29 bits per heavy atom. The van der Waals surface area contributed by atoms with Gasteiger partial charge < -0.3 is 15.0 Å². The lowest BCUT2D eigenvalue weighted by molar-refractivity contribution is -0.116. The fraction of sp³-hybridized carbons (Fsp3) is 0.300. The Bertz CT molecular complexity index is 865. The van der Waals surface area contributed by atoms with E-state index in [0.29, 0.717) is 29.6 Å². The molecule has 3 rings (SSSR count). The van der Waals surface area contributed by atoms with Gasteiger partial charge in [0.25, 0.3) is 0 Å². The van der Waals surface area contributed by atoms with Gasteiger partial charge in [0, 0.05) is 29.4 Å². The lowest BCUT2D eigenvalue weighted by atomic mass is 10.0. The van der Waals surface area contributed by atoms with E-state index in [2.05, 4.69) is 5.32 Å². The van der Waals surface area contributed by atoms with Gasteiger partial charge in [-0.2, -0.15) is 0 Å². The van der Waals surface area contributed by atoms with Crippen molar-refractivity contribution in [1.29, 1.82) is 0 Å². The van der Waals surface area contributed by atoms with Crippen LogP contribution in [-0.4, -0.2) is 44.4 Å². The standard InChI is InChI=1S/C20H20Cl2N2O3S/c1-27-10-14(23-12-25)9-24-18-7-6-13(21)8-16(18)20(28-11-19(24)26)15-4-2-3-5-17(15)22/h2-8,12,14,20H,9-11H2,1H3,(H,23,25). The molecule has 1 aliphatic rings. The first-order valence-electron chi connectivity index (χ1n) is 8.69. The van der Waals surface area contributed by atoms with Crippen LogP contribution in [0.1, 0.15) is 16.4 Å². The summed E-state index contributed by atoms with van der Waals surface area (Å²) in [6.07, 6.45) is 0.621. The van der Waals surface area contributed by atoms with E-state index < -0.39 is 0 Å². The summed E-state index contributed by atoms with van der Waals surface area (Å²) in [5, 5.41) is 3.82. The highest BCUT2D eigenvalue weighted by atomic mass is 35.5. The van der Waals surface area contributed by atoms with E-state index in [1.54, 1.807) is 18.1 Å². The van der Waals surface area contributed by atoms with E-state index in [0.717, 1.165) is 16.8 Å². The smallest absolute Gasteiger partial charge is 0.237 e. The van der Waals surface area contributed by atoms with Crippen LogP contribution in [0.3, 0.4) is 0 Å². The highest BCUT2D eigenvalue weighted by Crippen LogP contribution is 2.46. The molecule has 0 radical (unpaired) electrons. The Morgan fingerprint density at radius 2 is 2.07 bits per heavy atom. The van der Waals surface area contributed by atoms with Crippen LogP contribution in [0.5, 0.6) is 0 Å². The first-order valence-corrected chi connectivity index (χ1v) is 10.5. The lowest BCUT2D eigenvalue weighted by Crippen LogP contribution is -2.46. The van der Waals surface area contributed by atoms with Gasteiger partial charge in [-0.15, -0.1) is 11.8 Å². The highest BCUT2D eigenvalue weighted by Gasteiger charge is 2.31. The van der Waals surface area contributed by atoms with Crippen LogP contribution < -0.4 is 10.2 Å². The second kappa shape index (κ2) is 9.65. The van der Waals surface area contributed by atoms with E-state index >= 15 is 0 Å². The molecule has 2 unspecified atom stereocenters. The third-order valence-electron chi connectivity index (χ3n) is 4.50. The van der Waals surface area contributed by atoms with E-state index in [1.165, 1.54) is 11.8 Å².